The number of amides is 1. The summed E-state index contributed by atoms with van der Waals surface area (Å²) in [7, 11) is 1.42. The lowest BCUT2D eigenvalue weighted by Gasteiger charge is -2.13. The second-order valence-electron chi connectivity index (χ2n) is 7.56. The Balaban J connectivity index is 1.66. The molecule has 5 nitrogen and oxygen atoms in total. The van der Waals surface area contributed by atoms with E-state index in [2.05, 4.69) is 5.32 Å². The maximum atomic E-state index is 12.9. The number of ether oxygens (including phenoxy) is 2. The second kappa shape index (κ2) is 11.7. The first-order valence-electron chi connectivity index (χ1n) is 10.7. The molecule has 1 amide bonds. The minimum absolute atomic E-state index is 0.0715. The predicted molar refractivity (Wildman–Crippen MR) is 126 cm³/mol. The van der Waals surface area contributed by atoms with Gasteiger partial charge in [0, 0.05) is 6.54 Å². The molecule has 0 aromatic heterocycles. The quantitative estimate of drug-likeness (QED) is 0.322. The fraction of sp³-hybridized carbons (Fsp3) is 0.185. The van der Waals surface area contributed by atoms with Crippen LogP contribution in [0.3, 0.4) is 0 Å². The summed E-state index contributed by atoms with van der Waals surface area (Å²) in [6, 6.07) is 21.2. The number of nitrogens with zero attached hydrogens (tertiary/aromatic N) is 1. The van der Waals surface area contributed by atoms with Gasteiger partial charge in [-0.05, 0) is 53.5 Å². The van der Waals surface area contributed by atoms with Crippen LogP contribution in [0.25, 0.3) is 6.08 Å². The van der Waals surface area contributed by atoms with E-state index in [1.54, 1.807) is 18.2 Å². The molecule has 0 spiro atoms. The maximum Gasteiger partial charge on any atom is 0.416 e. The van der Waals surface area contributed by atoms with Crippen molar-refractivity contribution in [3.63, 3.8) is 0 Å². The van der Waals surface area contributed by atoms with Crippen molar-refractivity contribution in [3.05, 3.63) is 101 Å². The second-order valence-corrected chi connectivity index (χ2v) is 7.56. The molecule has 8 heteroatoms. The molecule has 35 heavy (non-hydrogen) atoms. The molecule has 0 bridgehead atoms. The van der Waals surface area contributed by atoms with Gasteiger partial charge < -0.3 is 14.8 Å². The van der Waals surface area contributed by atoms with Gasteiger partial charge in [0.05, 0.1) is 12.7 Å². The van der Waals surface area contributed by atoms with Gasteiger partial charge in [-0.15, -0.1) is 0 Å². The Hall–Kier alpha value is -4.25. The van der Waals surface area contributed by atoms with Crippen LogP contribution in [-0.4, -0.2) is 19.6 Å². The number of hydrogen-bond acceptors (Lipinski definition) is 4. The molecule has 3 aromatic rings. The highest BCUT2D eigenvalue weighted by atomic mass is 19.4. The largest absolute Gasteiger partial charge is 0.493 e. The molecule has 0 aliphatic heterocycles. The highest BCUT2D eigenvalue weighted by Gasteiger charge is 2.30. The fourth-order valence-electron chi connectivity index (χ4n) is 3.27. The van der Waals surface area contributed by atoms with Gasteiger partial charge in [-0.1, -0.05) is 48.5 Å². The lowest BCUT2D eigenvalue weighted by molar-refractivity contribution is -0.137. The third kappa shape index (κ3) is 7.37. The topological polar surface area (TPSA) is 71.3 Å². The Morgan fingerprint density at radius 1 is 1.00 bits per heavy atom. The molecule has 0 saturated heterocycles. The molecule has 0 atom stereocenters. The van der Waals surface area contributed by atoms with E-state index in [-0.39, 0.29) is 12.2 Å². The zero-order chi connectivity index (χ0) is 25.3. The van der Waals surface area contributed by atoms with Crippen molar-refractivity contribution in [1.29, 1.82) is 5.26 Å². The molecule has 3 rings (SSSR count). The molecule has 1 N–H and O–H groups in total. The van der Waals surface area contributed by atoms with Crippen molar-refractivity contribution >= 4 is 12.0 Å². The Kier molecular flexibility index (Phi) is 8.52. The standard InChI is InChI=1S/C27H23F3N2O3/c1-34-25-16-20(14-22(17-31)26(33)32-13-12-19-6-3-2-4-7-19)10-11-24(25)35-18-21-8-5-9-23(15-21)27(28,29)30/h2-11,14-16H,12-13,18H2,1H3,(H,32,33)/b22-14+. The van der Waals surface area contributed by atoms with Crippen molar-refractivity contribution in [1.82, 2.24) is 5.32 Å². The van der Waals surface area contributed by atoms with Crippen LogP contribution in [0, 0.1) is 11.3 Å². The minimum Gasteiger partial charge on any atom is -0.493 e. The molecule has 3 aromatic carbocycles. The summed E-state index contributed by atoms with van der Waals surface area (Å²) in [4.78, 5) is 12.4. The number of nitriles is 1. The number of hydrogen-bond donors (Lipinski definition) is 1. The molecule has 0 aliphatic carbocycles. The third-order valence-corrected chi connectivity index (χ3v) is 5.05. The van der Waals surface area contributed by atoms with Crippen molar-refractivity contribution in [2.24, 2.45) is 0 Å². The monoisotopic (exact) mass is 480 g/mol. The molecular formula is C27H23F3N2O3. The maximum absolute atomic E-state index is 12.9. The van der Waals surface area contributed by atoms with E-state index in [4.69, 9.17) is 9.47 Å². The van der Waals surface area contributed by atoms with E-state index in [0.29, 0.717) is 35.6 Å². The predicted octanol–water partition coefficient (Wildman–Crippen LogP) is 5.56. The molecule has 180 valence electrons. The van der Waals surface area contributed by atoms with Crippen LogP contribution in [0.5, 0.6) is 11.5 Å². The smallest absolute Gasteiger partial charge is 0.416 e. The van der Waals surface area contributed by atoms with Crippen LogP contribution >= 0.6 is 0 Å². The van der Waals surface area contributed by atoms with Crippen LogP contribution < -0.4 is 14.8 Å². The van der Waals surface area contributed by atoms with Gasteiger partial charge in [-0.25, -0.2) is 0 Å². The van der Waals surface area contributed by atoms with Crippen LogP contribution in [0.2, 0.25) is 0 Å². The fourth-order valence-corrected chi connectivity index (χ4v) is 3.27. The summed E-state index contributed by atoms with van der Waals surface area (Å²) in [6.07, 6.45) is -2.37. The first-order chi connectivity index (χ1) is 16.8. The highest BCUT2D eigenvalue weighted by molar-refractivity contribution is 6.01. The molecule has 0 radical (unpaired) electrons. The van der Waals surface area contributed by atoms with Crippen LogP contribution in [-0.2, 0) is 24.0 Å². The van der Waals surface area contributed by atoms with Crippen LogP contribution in [0.1, 0.15) is 22.3 Å². The van der Waals surface area contributed by atoms with E-state index < -0.39 is 17.6 Å². The third-order valence-electron chi connectivity index (χ3n) is 5.05. The van der Waals surface area contributed by atoms with E-state index in [0.717, 1.165) is 17.7 Å². The van der Waals surface area contributed by atoms with E-state index in [9.17, 15) is 23.2 Å². The van der Waals surface area contributed by atoms with Crippen LogP contribution in [0.4, 0.5) is 13.2 Å². The average molecular weight is 480 g/mol. The summed E-state index contributed by atoms with van der Waals surface area (Å²) in [5.74, 6) is 0.132. The van der Waals surface area contributed by atoms with Gasteiger partial charge >= 0.3 is 6.18 Å². The normalized spacial score (nSPS) is 11.5. The molecule has 0 heterocycles. The van der Waals surface area contributed by atoms with Crippen molar-refractivity contribution < 1.29 is 27.4 Å². The number of halogens is 3. The Morgan fingerprint density at radius 3 is 2.43 bits per heavy atom. The lowest BCUT2D eigenvalue weighted by Crippen LogP contribution is -2.26. The Bertz CT molecular complexity index is 1230. The molecule has 0 fully saturated rings. The van der Waals surface area contributed by atoms with Crippen molar-refractivity contribution in [2.75, 3.05) is 13.7 Å². The summed E-state index contributed by atoms with van der Waals surface area (Å²) in [5, 5.41) is 12.2. The minimum atomic E-state index is -4.44. The molecule has 0 aliphatic rings. The van der Waals surface area contributed by atoms with Gasteiger partial charge in [0.15, 0.2) is 11.5 Å². The van der Waals surface area contributed by atoms with E-state index in [1.165, 1.54) is 25.3 Å². The van der Waals surface area contributed by atoms with E-state index in [1.807, 2.05) is 36.4 Å². The summed E-state index contributed by atoms with van der Waals surface area (Å²) < 4.78 is 49.7. The molecule has 0 unspecified atom stereocenters. The van der Waals surface area contributed by atoms with E-state index >= 15 is 0 Å². The van der Waals surface area contributed by atoms with Gasteiger partial charge in [0.25, 0.3) is 5.91 Å². The number of carbonyl (C=O) groups excluding carboxylic acids is 1. The number of rotatable bonds is 9. The number of benzene rings is 3. The SMILES string of the molecule is COc1cc(/C=C(\C#N)C(=O)NCCc2ccccc2)ccc1OCc1cccc(C(F)(F)F)c1. The summed E-state index contributed by atoms with van der Waals surface area (Å²) in [5.41, 5.74) is 1.13. The number of nitrogens with one attached hydrogen (secondary N) is 1. The molecular weight excluding hydrogens is 457 g/mol. The summed E-state index contributed by atoms with van der Waals surface area (Å²) >= 11 is 0. The van der Waals surface area contributed by atoms with Gasteiger partial charge in [0.2, 0.25) is 0 Å². The average Bonchev–Trinajstić information content (AvgIpc) is 2.86. The Labute approximate surface area is 201 Å². The van der Waals surface area contributed by atoms with Gasteiger partial charge in [0.1, 0.15) is 18.2 Å². The zero-order valence-electron chi connectivity index (χ0n) is 18.9. The van der Waals surface area contributed by atoms with Crippen LogP contribution in [0.15, 0.2) is 78.4 Å². The number of carbonyl (C=O) groups is 1. The first-order valence-corrected chi connectivity index (χ1v) is 10.7. The Morgan fingerprint density at radius 2 is 1.74 bits per heavy atom. The first kappa shape index (κ1) is 25.4. The highest BCUT2D eigenvalue weighted by Crippen LogP contribution is 2.32. The zero-order valence-corrected chi connectivity index (χ0v) is 18.9. The molecule has 0 saturated carbocycles. The van der Waals surface area contributed by atoms with Crippen molar-refractivity contribution in [2.45, 2.75) is 19.2 Å². The lowest BCUT2D eigenvalue weighted by atomic mass is 10.1. The van der Waals surface area contributed by atoms with Gasteiger partial charge in [-0.3, -0.25) is 4.79 Å². The summed E-state index contributed by atoms with van der Waals surface area (Å²) in [6.45, 7) is 0.288. The number of methoxy groups -OCH3 is 1. The van der Waals surface area contributed by atoms with Crippen molar-refractivity contribution in [3.8, 4) is 17.6 Å². The van der Waals surface area contributed by atoms with Gasteiger partial charge in [-0.2, -0.15) is 18.4 Å². The number of alkyl halides is 3.